The first-order valence-corrected chi connectivity index (χ1v) is 3.56. The Balaban J connectivity index is 2.82. The van der Waals surface area contributed by atoms with Crippen LogP contribution in [0.25, 0.3) is 0 Å². The predicted octanol–water partition coefficient (Wildman–Crippen LogP) is 1.39. The van der Waals surface area contributed by atoms with Gasteiger partial charge in [0.15, 0.2) is 0 Å². The molecule has 1 N–H and O–H groups in total. The molecule has 0 aromatic rings. The van der Waals surface area contributed by atoms with Crippen LogP contribution in [0.1, 0.15) is 6.42 Å². The van der Waals surface area contributed by atoms with Gasteiger partial charge in [-0.1, -0.05) is 19.2 Å². The Bertz CT molecular complexity index is 204. The Morgan fingerprint density at radius 2 is 2.18 bits per heavy atom. The molecule has 0 aromatic carbocycles. The lowest BCUT2D eigenvalue weighted by molar-refractivity contribution is 0.0596. The molecule has 0 saturated carbocycles. The van der Waals surface area contributed by atoms with Crippen LogP contribution in [0.4, 0.5) is 0 Å². The van der Waals surface area contributed by atoms with Crippen LogP contribution >= 0.6 is 0 Å². The lowest BCUT2D eigenvalue weighted by Crippen LogP contribution is -2.20. The Morgan fingerprint density at radius 3 is 2.73 bits per heavy atom. The zero-order valence-corrected chi connectivity index (χ0v) is 6.42. The minimum Gasteiger partial charge on any atom is -0.491 e. The van der Waals surface area contributed by atoms with E-state index in [1.165, 1.54) is 0 Å². The fourth-order valence-electron chi connectivity index (χ4n) is 1.07. The molecule has 11 heavy (non-hydrogen) atoms. The second-order valence-electron chi connectivity index (χ2n) is 2.47. The van der Waals surface area contributed by atoms with Crippen molar-refractivity contribution in [1.29, 1.82) is 0 Å². The van der Waals surface area contributed by atoms with E-state index < -0.39 is 6.10 Å². The van der Waals surface area contributed by atoms with Crippen LogP contribution in [0.3, 0.4) is 0 Å². The summed E-state index contributed by atoms with van der Waals surface area (Å²) in [5.41, 5.74) is 0.929. The Morgan fingerprint density at radius 1 is 1.45 bits per heavy atom. The Labute approximate surface area is 66.5 Å². The number of rotatable bonds is 2. The van der Waals surface area contributed by atoms with E-state index in [1.54, 1.807) is 12.2 Å². The monoisotopic (exact) mass is 152 g/mol. The SMILES string of the molecule is C=CC1=C(C=C)OCC(O)C1. The zero-order chi connectivity index (χ0) is 8.27. The number of hydrogen-bond donors (Lipinski definition) is 1. The number of aliphatic hydroxyl groups excluding tert-OH is 1. The van der Waals surface area contributed by atoms with E-state index in [9.17, 15) is 5.11 Å². The third-order valence-electron chi connectivity index (χ3n) is 1.64. The smallest absolute Gasteiger partial charge is 0.122 e. The molecule has 2 heteroatoms. The molecule has 1 heterocycles. The predicted molar refractivity (Wildman–Crippen MR) is 44.0 cm³/mol. The quantitative estimate of drug-likeness (QED) is 0.648. The van der Waals surface area contributed by atoms with E-state index in [0.717, 1.165) is 11.3 Å². The maximum Gasteiger partial charge on any atom is 0.122 e. The maximum absolute atomic E-state index is 9.18. The molecule has 0 saturated heterocycles. The molecule has 1 atom stereocenters. The van der Waals surface area contributed by atoms with Crippen molar-refractivity contribution in [2.24, 2.45) is 0 Å². The first kappa shape index (κ1) is 8.08. The summed E-state index contributed by atoms with van der Waals surface area (Å²) in [5.74, 6) is 0.741. The van der Waals surface area contributed by atoms with Crippen LogP contribution in [0.5, 0.6) is 0 Å². The van der Waals surface area contributed by atoms with Gasteiger partial charge in [-0.25, -0.2) is 0 Å². The van der Waals surface area contributed by atoms with Crippen LogP contribution in [0, 0.1) is 0 Å². The molecule has 60 valence electrons. The molecule has 1 aliphatic heterocycles. The van der Waals surface area contributed by atoms with Gasteiger partial charge in [-0.3, -0.25) is 0 Å². The van der Waals surface area contributed by atoms with Gasteiger partial charge in [0.05, 0.1) is 6.10 Å². The van der Waals surface area contributed by atoms with Crippen molar-refractivity contribution in [1.82, 2.24) is 0 Å². The lowest BCUT2D eigenvalue weighted by Gasteiger charge is -2.21. The van der Waals surface area contributed by atoms with E-state index >= 15 is 0 Å². The molecule has 0 spiro atoms. The molecular formula is C9H12O2. The van der Waals surface area contributed by atoms with Crippen molar-refractivity contribution >= 4 is 0 Å². The minimum absolute atomic E-state index is 0.360. The molecule has 0 radical (unpaired) electrons. The van der Waals surface area contributed by atoms with Gasteiger partial charge >= 0.3 is 0 Å². The number of ether oxygens (including phenoxy) is 1. The van der Waals surface area contributed by atoms with Gasteiger partial charge in [-0.05, 0) is 11.6 Å². The van der Waals surface area contributed by atoms with Crippen molar-refractivity contribution in [3.05, 3.63) is 36.6 Å². The summed E-state index contributed by atoms with van der Waals surface area (Å²) in [6, 6.07) is 0. The molecule has 0 amide bonds. The van der Waals surface area contributed by atoms with Crippen molar-refractivity contribution in [3.8, 4) is 0 Å². The van der Waals surface area contributed by atoms with Gasteiger partial charge in [0.2, 0.25) is 0 Å². The molecule has 1 aliphatic rings. The maximum atomic E-state index is 9.18. The average Bonchev–Trinajstić information content (AvgIpc) is 2.04. The normalized spacial score (nSPS) is 24.3. The van der Waals surface area contributed by atoms with Gasteiger partial charge in [-0.15, -0.1) is 0 Å². The van der Waals surface area contributed by atoms with Crippen molar-refractivity contribution in [2.45, 2.75) is 12.5 Å². The van der Waals surface area contributed by atoms with Gasteiger partial charge in [0, 0.05) is 6.42 Å². The summed E-state index contributed by atoms with van der Waals surface area (Å²) in [5, 5.41) is 9.18. The van der Waals surface area contributed by atoms with E-state index in [4.69, 9.17) is 4.74 Å². The largest absolute Gasteiger partial charge is 0.491 e. The van der Waals surface area contributed by atoms with E-state index in [-0.39, 0.29) is 0 Å². The topological polar surface area (TPSA) is 29.5 Å². The van der Waals surface area contributed by atoms with Crippen LogP contribution < -0.4 is 0 Å². The van der Waals surface area contributed by atoms with Gasteiger partial charge in [-0.2, -0.15) is 0 Å². The second-order valence-corrected chi connectivity index (χ2v) is 2.47. The second kappa shape index (κ2) is 3.39. The summed E-state index contributed by atoms with van der Waals surface area (Å²) in [6.45, 7) is 7.58. The van der Waals surface area contributed by atoms with Crippen LogP contribution in [0.15, 0.2) is 36.6 Å². The standard InChI is InChI=1S/C9H12O2/c1-3-7-5-8(10)6-11-9(7)4-2/h3-4,8,10H,1-2,5-6H2. The summed E-state index contributed by atoms with van der Waals surface area (Å²) >= 11 is 0. The summed E-state index contributed by atoms with van der Waals surface area (Å²) in [4.78, 5) is 0. The molecule has 0 fully saturated rings. The molecule has 0 aromatic heterocycles. The molecule has 1 rings (SSSR count). The lowest BCUT2D eigenvalue weighted by atomic mass is 10.1. The summed E-state index contributed by atoms with van der Waals surface area (Å²) in [7, 11) is 0. The van der Waals surface area contributed by atoms with Gasteiger partial charge in [0.1, 0.15) is 12.4 Å². The van der Waals surface area contributed by atoms with Crippen LogP contribution in [-0.2, 0) is 4.74 Å². The Kier molecular flexibility index (Phi) is 2.49. The first-order valence-electron chi connectivity index (χ1n) is 3.56. The van der Waals surface area contributed by atoms with E-state index in [2.05, 4.69) is 13.2 Å². The molecule has 1 unspecified atom stereocenters. The fraction of sp³-hybridized carbons (Fsp3) is 0.333. The third kappa shape index (κ3) is 1.71. The van der Waals surface area contributed by atoms with Crippen molar-refractivity contribution < 1.29 is 9.84 Å². The van der Waals surface area contributed by atoms with E-state index in [1.807, 2.05) is 0 Å². The highest BCUT2D eigenvalue weighted by atomic mass is 16.5. The summed E-state index contributed by atoms with van der Waals surface area (Å²) in [6.07, 6.45) is 3.55. The highest BCUT2D eigenvalue weighted by molar-refractivity contribution is 5.29. The van der Waals surface area contributed by atoms with Gasteiger partial charge < -0.3 is 9.84 Å². The molecular weight excluding hydrogens is 140 g/mol. The fourth-order valence-corrected chi connectivity index (χ4v) is 1.07. The zero-order valence-electron chi connectivity index (χ0n) is 6.42. The highest BCUT2D eigenvalue weighted by Crippen LogP contribution is 2.20. The summed E-state index contributed by atoms with van der Waals surface area (Å²) < 4.78 is 5.18. The molecule has 0 bridgehead atoms. The van der Waals surface area contributed by atoms with Crippen molar-refractivity contribution in [2.75, 3.05) is 6.61 Å². The number of hydrogen-bond acceptors (Lipinski definition) is 2. The Hall–Kier alpha value is -1.02. The van der Waals surface area contributed by atoms with E-state index in [0.29, 0.717) is 13.0 Å². The van der Waals surface area contributed by atoms with Gasteiger partial charge in [0.25, 0.3) is 0 Å². The molecule has 0 aliphatic carbocycles. The van der Waals surface area contributed by atoms with Crippen molar-refractivity contribution in [3.63, 3.8) is 0 Å². The third-order valence-corrected chi connectivity index (χ3v) is 1.64. The van der Waals surface area contributed by atoms with Crippen LogP contribution in [0.2, 0.25) is 0 Å². The first-order chi connectivity index (χ1) is 5.27. The number of allylic oxidation sites excluding steroid dienone is 2. The number of aliphatic hydroxyl groups is 1. The highest BCUT2D eigenvalue weighted by Gasteiger charge is 2.16. The molecule has 2 nitrogen and oxygen atoms in total. The van der Waals surface area contributed by atoms with Crippen LogP contribution in [-0.4, -0.2) is 17.8 Å². The average molecular weight is 152 g/mol. The minimum atomic E-state index is -0.397.